The van der Waals surface area contributed by atoms with Gasteiger partial charge in [0.15, 0.2) is 0 Å². The number of carbonyl (C=O) groups is 1. The number of H-pyrrole nitrogens is 1. The Morgan fingerprint density at radius 3 is 3.17 bits per heavy atom. The molecule has 3 heterocycles. The second-order valence-corrected chi connectivity index (χ2v) is 6.39. The quantitative estimate of drug-likeness (QED) is 0.943. The number of hydrogen-bond acceptors (Lipinski definition) is 4. The van der Waals surface area contributed by atoms with E-state index in [4.69, 9.17) is 5.26 Å². The second-order valence-electron chi connectivity index (χ2n) is 6.39. The van der Waals surface area contributed by atoms with E-state index in [-0.39, 0.29) is 18.2 Å². The Morgan fingerprint density at radius 1 is 1.57 bits per heavy atom. The van der Waals surface area contributed by atoms with Crippen molar-refractivity contribution in [3.8, 4) is 6.07 Å². The van der Waals surface area contributed by atoms with Gasteiger partial charge in [0, 0.05) is 30.6 Å². The van der Waals surface area contributed by atoms with Crippen molar-refractivity contribution in [2.24, 2.45) is 11.8 Å². The van der Waals surface area contributed by atoms with Crippen LogP contribution in [0.5, 0.6) is 0 Å². The van der Waals surface area contributed by atoms with E-state index in [9.17, 15) is 4.79 Å². The number of aromatic nitrogens is 3. The number of rotatable bonds is 3. The molecule has 0 aromatic carbocycles. The third kappa shape index (κ3) is 2.91. The van der Waals surface area contributed by atoms with Gasteiger partial charge in [0.1, 0.15) is 18.4 Å². The maximum Gasteiger partial charge on any atom is 0.236 e. The van der Waals surface area contributed by atoms with Crippen molar-refractivity contribution in [1.29, 1.82) is 5.26 Å². The summed E-state index contributed by atoms with van der Waals surface area (Å²) in [6.45, 7) is 5.85. The first-order valence-electron chi connectivity index (χ1n) is 8.04. The van der Waals surface area contributed by atoms with Crippen molar-refractivity contribution < 1.29 is 4.79 Å². The predicted molar refractivity (Wildman–Crippen MR) is 86.4 cm³/mol. The van der Waals surface area contributed by atoms with Crippen molar-refractivity contribution in [3.05, 3.63) is 24.3 Å². The van der Waals surface area contributed by atoms with Gasteiger partial charge in [0.25, 0.3) is 0 Å². The number of likely N-dealkylation sites (tertiary alicyclic amines) is 1. The minimum absolute atomic E-state index is 0.0367. The van der Waals surface area contributed by atoms with Gasteiger partial charge >= 0.3 is 0 Å². The second kappa shape index (κ2) is 6.37. The fourth-order valence-corrected chi connectivity index (χ4v) is 3.61. The zero-order chi connectivity index (χ0) is 16.4. The zero-order valence-electron chi connectivity index (χ0n) is 13.5. The van der Waals surface area contributed by atoms with Gasteiger partial charge in [-0.25, -0.2) is 9.97 Å². The SMILES string of the molecule is CC(c1ncnc2[nH]ccc12)[C@H]1CN(C(=O)CC#N)CC[C@H]1C. The molecule has 0 aliphatic carbocycles. The number of hydrogen-bond donors (Lipinski definition) is 1. The van der Waals surface area contributed by atoms with Crippen LogP contribution in [0.3, 0.4) is 0 Å². The Balaban J connectivity index is 1.85. The molecule has 3 atom stereocenters. The van der Waals surface area contributed by atoms with Gasteiger partial charge < -0.3 is 9.88 Å². The van der Waals surface area contributed by atoms with Crippen molar-refractivity contribution >= 4 is 16.9 Å². The van der Waals surface area contributed by atoms with Crippen LogP contribution in [0.25, 0.3) is 11.0 Å². The summed E-state index contributed by atoms with van der Waals surface area (Å²) in [7, 11) is 0. The van der Waals surface area contributed by atoms with Gasteiger partial charge in [-0.05, 0) is 24.3 Å². The first-order valence-corrected chi connectivity index (χ1v) is 8.04. The third-order valence-electron chi connectivity index (χ3n) is 5.06. The monoisotopic (exact) mass is 311 g/mol. The number of nitrogens with one attached hydrogen (secondary N) is 1. The van der Waals surface area contributed by atoms with Crippen LogP contribution in [0.4, 0.5) is 0 Å². The van der Waals surface area contributed by atoms with Crippen LogP contribution in [0.1, 0.15) is 38.3 Å². The number of nitriles is 1. The summed E-state index contributed by atoms with van der Waals surface area (Å²) in [4.78, 5) is 25.8. The number of nitrogens with zero attached hydrogens (tertiary/aromatic N) is 4. The molecule has 0 spiro atoms. The number of amides is 1. The Bertz CT molecular complexity index is 747. The lowest BCUT2D eigenvalue weighted by atomic mass is 9.77. The summed E-state index contributed by atoms with van der Waals surface area (Å²) in [6.07, 6.45) is 4.40. The Morgan fingerprint density at radius 2 is 2.39 bits per heavy atom. The molecule has 0 bridgehead atoms. The highest BCUT2D eigenvalue weighted by Gasteiger charge is 2.34. The molecule has 1 aliphatic heterocycles. The summed E-state index contributed by atoms with van der Waals surface area (Å²) in [5.74, 6) is 1.01. The smallest absolute Gasteiger partial charge is 0.236 e. The van der Waals surface area contributed by atoms with Gasteiger partial charge in [0.2, 0.25) is 5.91 Å². The van der Waals surface area contributed by atoms with Crippen LogP contribution >= 0.6 is 0 Å². The van der Waals surface area contributed by atoms with Crippen LogP contribution < -0.4 is 0 Å². The van der Waals surface area contributed by atoms with E-state index in [0.717, 1.165) is 29.7 Å². The number of carbonyl (C=O) groups excluding carboxylic acids is 1. The average Bonchev–Trinajstić information content (AvgIpc) is 3.03. The van der Waals surface area contributed by atoms with Crippen LogP contribution in [-0.4, -0.2) is 38.8 Å². The number of piperidine rings is 1. The molecule has 1 amide bonds. The first kappa shape index (κ1) is 15.5. The van der Waals surface area contributed by atoms with Crippen LogP contribution in [0.2, 0.25) is 0 Å². The molecular formula is C17H21N5O. The fraction of sp³-hybridized carbons (Fsp3) is 0.529. The molecule has 1 saturated heterocycles. The molecule has 1 unspecified atom stereocenters. The highest BCUT2D eigenvalue weighted by molar-refractivity contribution is 5.79. The third-order valence-corrected chi connectivity index (χ3v) is 5.06. The molecule has 23 heavy (non-hydrogen) atoms. The van der Waals surface area contributed by atoms with Gasteiger partial charge in [0.05, 0.1) is 11.8 Å². The van der Waals surface area contributed by atoms with Crippen LogP contribution in [0, 0.1) is 23.2 Å². The zero-order valence-corrected chi connectivity index (χ0v) is 13.5. The maximum atomic E-state index is 12.1. The summed E-state index contributed by atoms with van der Waals surface area (Å²) < 4.78 is 0. The highest BCUT2D eigenvalue weighted by Crippen LogP contribution is 2.36. The molecule has 0 saturated carbocycles. The first-order chi connectivity index (χ1) is 11.1. The molecule has 1 aliphatic rings. The predicted octanol–water partition coefficient (Wildman–Crippen LogP) is 2.46. The summed E-state index contributed by atoms with van der Waals surface area (Å²) >= 11 is 0. The average molecular weight is 311 g/mol. The van der Waals surface area contributed by atoms with Crippen molar-refractivity contribution in [2.45, 2.75) is 32.6 Å². The minimum atomic E-state index is -0.0638. The summed E-state index contributed by atoms with van der Waals surface area (Å²) in [5, 5.41) is 9.80. The van der Waals surface area contributed by atoms with Crippen molar-refractivity contribution in [2.75, 3.05) is 13.1 Å². The van der Waals surface area contributed by atoms with E-state index in [0.29, 0.717) is 18.4 Å². The van der Waals surface area contributed by atoms with Crippen molar-refractivity contribution in [1.82, 2.24) is 19.9 Å². The van der Waals surface area contributed by atoms with E-state index >= 15 is 0 Å². The van der Waals surface area contributed by atoms with Crippen LogP contribution in [0.15, 0.2) is 18.6 Å². The molecule has 1 fully saturated rings. The van der Waals surface area contributed by atoms with Crippen molar-refractivity contribution in [3.63, 3.8) is 0 Å². The van der Waals surface area contributed by atoms with Gasteiger partial charge in [-0.3, -0.25) is 4.79 Å². The van der Waals surface area contributed by atoms with Gasteiger partial charge in [-0.2, -0.15) is 5.26 Å². The highest BCUT2D eigenvalue weighted by atomic mass is 16.2. The van der Waals surface area contributed by atoms with Crippen LogP contribution in [-0.2, 0) is 4.79 Å². The lowest BCUT2D eigenvalue weighted by molar-refractivity contribution is -0.132. The maximum absolute atomic E-state index is 12.1. The normalized spacial score (nSPS) is 22.7. The van der Waals surface area contributed by atoms with Gasteiger partial charge in [-0.15, -0.1) is 0 Å². The molecule has 6 heteroatoms. The molecule has 1 N–H and O–H groups in total. The molecular weight excluding hydrogens is 290 g/mol. The van der Waals surface area contributed by atoms with E-state index in [2.05, 4.69) is 28.8 Å². The molecule has 6 nitrogen and oxygen atoms in total. The Labute approximate surface area is 135 Å². The van der Waals surface area contributed by atoms with E-state index in [1.807, 2.05) is 23.2 Å². The molecule has 3 rings (SSSR count). The van der Waals surface area contributed by atoms with E-state index in [1.165, 1.54) is 0 Å². The topological polar surface area (TPSA) is 85.7 Å². The standard InChI is InChI=1S/C17H21N5O/c1-11-5-8-22(15(23)3-6-18)9-14(11)12(2)16-13-4-7-19-17(13)21-10-20-16/h4,7,10-12,14H,3,5,8-9H2,1-2H3,(H,19,20,21)/t11-,12?,14+/m1/s1. The molecule has 2 aromatic rings. The van der Waals surface area contributed by atoms with E-state index in [1.54, 1.807) is 6.33 Å². The lowest BCUT2D eigenvalue weighted by Crippen LogP contribution is -2.44. The summed E-state index contributed by atoms with van der Waals surface area (Å²) in [5.41, 5.74) is 1.88. The molecule has 120 valence electrons. The summed E-state index contributed by atoms with van der Waals surface area (Å²) in [6, 6.07) is 3.96. The fourth-order valence-electron chi connectivity index (χ4n) is 3.61. The lowest BCUT2D eigenvalue weighted by Gasteiger charge is -2.39. The Hall–Kier alpha value is -2.42. The number of fused-ring (bicyclic) bond motifs is 1. The minimum Gasteiger partial charge on any atom is -0.346 e. The Kier molecular flexibility index (Phi) is 4.28. The molecule has 0 radical (unpaired) electrons. The number of aromatic amines is 1. The largest absolute Gasteiger partial charge is 0.346 e. The van der Waals surface area contributed by atoms with Gasteiger partial charge in [-0.1, -0.05) is 13.8 Å². The van der Waals surface area contributed by atoms with E-state index < -0.39 is 0 Å². The molecule has 2 aromatic heterocycles.